The number of hydrogen-bond donors (Lipinski definition) is 1. The van der Waals surface area contributed by atoms with Gasteiger partial charge in [0.1, 0.15) is 11.3 Å². The van der Waals surface area contributed by atoms with Crippen molar-refractivity contribution < 1.29 is 4.74 Å². The first-order chi connectivity index (χ1) is 6.63. The van der Waals surface area contributed by atoms with E-state index in [2.05, 4.69) is 20.9 Å². The summed E-state index contributed by atoms with van der Waals surface area (Å²) in [6.45, 7) is 2.03. The molecule has 0 radical (unpaired) electrons. The number of halogens is 1. The first-order valence-corrected chi connectivity index (χ1v) is 5.63. The van der Waals surface area contributed by atoms with Crippen LogP contribution in [0.15, 0.2) is 10.5 Å². The summed E-state index contributed by atoms with van der Waals surface area (Å²) < 4.78 is 7.33. The van der Waals surface area contributed by atoms with E-state index >= 15 is 0 Å². The predicted octanol–water partition coefficient (Wildman–Crippen LogP) is 2.96. The maximum absolute atomic E-state index is 5.67. The van der Waals surface area contributed by atoms with Crippen molar-refractivity contribution in [1.82, 2.24) is 4.98 Å². The number of thiazole rings is 1. The van der Waals surface area contributed by atoms with Gasteiger partial charge in [-0.3, -0.25) is 0 Å². The molecule has 3 nitrogen and oxygen atoms in total. The van der Waals surface area contributed by atoms with Crippen LogP contribution in [-0.2, 0) is 0 Å². The van der Waals surface area contributed by atoms with Gasteiger partial charge in [-0.25, -0.2) is 4.98 Å². The second-order valence-electron chi connectivity index (χ2n) is 2.92. The molecular weight excluding hydrogens is 264 g/mol. The molecule has 2 N–H and O–H groups in total. The smallest absolute Gasteiger partial charge is 0.181 e. The molecule has 0 fully saturated rings. The van der Waals surface area contributed by atoms with Gasteiger partial charge < -0.3 is 10.5 Å². The van der Waals surface area contributed by atoms with Gasteiger partial charge in [0, 0.05) is 4.47 Å². The summed E-state index contributed by atoms with van der Waals surface area (Å²) in [6, 6.07) is 1.91. The lowest BCUT2D eigenvalue weighted by atomic mass is 10.2. The Morgan fingerprint density at radius 3 is 2.93 bits per heavy atom. The van der Waals surface area contributed by atoms with Crippen molar-refractivity contribution in [2.45, 2.75) is 6.92 Å². The van der Waals surface area contributed by atoms with Crippen LogP contribution >= 0.6 is 27.3 Å². The van der Waals surface area contributed by atoms with Crippen LogP contribution in [0, 0.1) is 6.92 Å². The number of ether oxygens (including phenoxy) is 1. The topological polar surface area (TPSA) is 48.1 Å². The third-order valence-corrected chi connectivity index (χ3v) is 3.88. The average molecular weight is 273 g/mol. The largest absolute Gasteiger partial charge is 0.494 e. The summed E-state index contributed by atoms with van der Waals surface area (Å²) in [4.78, 5) is 4.24. The lowest BCUT2D eigenvalue weighted by molar-refractivity contribution is 0.418. The van der Waals surface area contributed by atoms with Crippen LogP contribution in [0.2, 0.25) is 0 Å². The molecule has 1 aromatic heterocycles. The minimum atomic E-state index is 0.569. The predicted molar refractivity (Wildman–Crippen MR) is 63.0 cm³/mol. The van der Waals surface area contributed by atoms with Gasteiger partial charge in [0.15, 0.2) is 5.13 Å². The van der Waals surface area contributed by atoms with Gasteiger partial charge in [-0.15, -0.1) is 0 Å². The Hall–Kier alpha value is -0.810. The van der Waals surface area contributed by atoms with Gasteiger partial charge in [0.2, 0.25) is 0 Å². The van der Waals surface area contributed by atoms with Crippen LogP contribution in [0.5, 0.6) is 5.75 Å². The van der Waals surface area contributed by atoms with E-state index in [0.717, 1.165) is 26.0 Å². The van der Waals surface area contributed by atoms with Crippen molar-refractivity contribution in [2.75, 3.05) is 12.8 Å². The summed E-state index contributed by atoms with van der Waals surface area (Å²) in [5, 5.41) is 0.569. The Morgan fingerprint density at radius 1 is 1.57 bits per heavy atom. The zero-order valence-corrected chi connectivity index (χ0v) is 10.2. The normalized spacial score (nSPS) is 10.8. The van der Waals surface area contributed by atoms with Gasteiger partial charge >= 0.3 is 0 Å². The molecule has 0 aliphatic heterocycles. The van der Waals surface area contributed by atoms with Gasteiger partial charge in [0.25, 0.3) is 0 Å². The summed E-state index contributed by atoms with van der Waals surface area (Å²) in [5.74, 6) is 0.755. The average Bonchev–Trinajstić information content (AvgIpc) is 2.54. The van der Waals surface area contributed by atoms with Gasteiger partial charge in [-0.1, -0.05) is 27.3 Å². The number of aromatic nitrogens is 1. The molecule has 5 heteroatoms. The molecule has 0 spiro atoms. The number of rotatable bonds is 1. The number of anilines is 1. The highest BCUT2D eigenvalue weighted by Gasteiger charge is 2.12. The first kappa shape index (κ1) is 9.73. The number of fused-ring (bicyclic) bond motifs is 1. The number of nitrogens with zero attached hydrogens (tertiary/aromatic N) is 1. The fourth-order valence-corrected chi connectivity index (χ4v) is 2.70. The van der Waals surface area contributed by atoms with Gasteiger partial charge in [0.05, 0.1) is 11.8 Å². The molecule has 0 aliphatic carbocycles. The molecule has 1 aromatic carbocycles. The second-order valence-corrected chi connectivity index (χ2v) is 4.80. The summed E-state index contributed by atoms with van der Waals surface area (Å²) in [6.07, 6.45) is 0. The summed E-state index contributed by atoms with van der Waals surface area (Å²) >= 11 is 4.95. The molecule has 2 rings (SSSR count). The number of nitrogens with two attached hydrogens (primary N) is 1. The lowest BCUT2D eigenvalue weighted by Gasteiger charge is -2.04. The van der Waals surface area contributed by atoms with Crippen molar-refractivity contribution in [3.8, 4) is 5.75 Å². The Balaban J connectivity index is 2.88. The van der Waals surface area contributed by atoms with Crippen molar-refractivity contribution in [2.24, 2.45) is 0 Å². The number of aryl methyl sites for hydroxylation is 1. The van der Waals surface area contributed by atoms with Crippen LogP contribution in [0.25, 0.3) is 10.2 Å². The highest BCUT2D eigenvalue weighted by atomic mass is 79.9. The van der Waals surface area contributed by atoms with Crippen molar-refractivity contribution in [3.63, 3.8) is 0 Å². The van der Waals surface area contributed by atoms with Crippen LogP contribution in [-0.4, -0.2) is 12.1 Å². The van der Waals surface area contributed by atoms with Crippen molar-refractivity contribution in [1.29, 1.82) is 0 Å². The van der Waals surface area contributed by atoms with E-state index in [9.17, 15) is 0 Å². The molecule has 74 valence electrons. The number of benzene rings is 1. The van der Waals surface area contributed by atoms with Crippen LogP contribution in [0.1, 0.15) is 5.56 Å². The van der Waals surface area contributed by atoms with E-state index in [1.165, 1.54) is 11.3 Å². The zero-order valence-electron chi connectivity index (χ0n) is 7.80. The Labute approximate surface area is 94.0 Å². The zero-order chi connectivity index (χ0) is 10.3. The standard InChI is InChI=1S/C9H9BrN2OS/c1-4-5(10)3-6(13-2)7-8(4)14-9(11)12-7/h3H,1-2H3,(H2,11,12). The summed E-state index contributed by atoms with van der Waals surface area (Å²) in [7, 11) is 1.63. The molecule has 0 unspecified atom stereocenters. The van der Waals surface area contributed by atoms with E-state index in [0.29, 0.717) is 5.13 Å². The molecule has 0 saturated carbocycles. The number of hydrogen-bond acceptors (Lipinski definition) is 4. The molecule has 0 bridgehead atoms. The number of nitrogen functional groups attached to an aromatic ring is 1. The van der Waals surface area contributed by atoms with Gasteiger partial charge in [-0.05, 0) is 18.6 Å². The third kappa shape index (κ3) is 1.36. The van der Waals surface area contributed by atoms with Crippen molar-refractivity contribution in [3.05, 3.63) is 16.1 Å². The molecule has 0 amide bonds. The quantitative estimate of drug-likeness (QED) is 0.869. The molecule has 2 aromatic rings. The van der Waals surface area contributed by atoms with Crippen molar-refractivity contribution >= 4 is 42.6 Å². The molecule has 1 heterocycles. The molecule has 0 aliphatic rings. The third-order valence-electron chi connectivity index (χ3n) is 2.05. The van der Waals surface area contributed by atoms with E-state index in [1.54, 1.807) is 7.11 Å². The SMILES string of the molecule is COc1cc(Br)c(C)c2sc(N)nc12. The maximum Gasteiger partial charge on any atom is 0.181 e. The fraction of sp³-hybridized carbons (Fsp3) is 0.222. The second kappa shape index (κ2) is 3.40. The Morgan fingerprint density at radius 2 is 2.29 bits per heavy atom. The maximum atomic E-state index is 5.67. The van der Waals surface area contributed by atoms with Crippen LogP contribution < -0.4 is 10.5 Å². The van der Waals surface area contributed by atoms with E-state index in [4.69, 9.17) is 10.5 Å². The van der Waals surface area contributed by atoms with E-state index in [1.807, 2.05) is 13.0 Å². The molecule has 0 atom stereocenters. The minimum Gasteiger partial charge on any atom is -0.494 e. The van der Waals surface area contributed by atoms with E-state index in [-0.39, 0.29) is 0 Å². The number of methoxy groups -OCH3 is 1. The fourth-order valence-electron chi connectivity index (χ4n) is 1.31. The highest BCUT2D eigenvalue weighted by Crippen LogP contribution is 2.37. The lowest BCUT2D eigenvalue weighted by Crippen LogP contribution is -1.87. The molecule has 14 heavy (non-hydrogen) atoms. The molecular formula is C9H9BrN2OS. The first-order valence-electron chi connectivity index (χ1n) is 4.02. The van der Waals surface area contributed by atoms with Crippen LogP contribution in [0.4, 0.5) is 5.13 Å². The monoisotopic (exact) mass is 272 g/mol. The minimum absolute atomic E-state index is 0.569. The summed E-state index contributed by atoms with van der Waals surface area (Å²) in [5.41, 5.74) is 7.66. The van der Waals surface area contributed by atoms with Gasteiger partial charge in [-0.2, -0.15) is 0 Å². The van der Waals surface area contributed by atoms with E-state index < -0.39 is 0 Å². The molecule has 0 saturated heterocycles. The Kier molecular flexibility index (Phi) is 2.36. The van der Waals surface area contributed by atoms with Crippen LogP contribution in [0.3, 0.4) is 0 Å². The highest BCUT2D eigenvalue weighted by molar-refractivity contribution is 9.10. The Bertz CT molecular complexity index is 495.